The molecule has 0 amide bonds. The molecule has 0 aromatic heterocycles. The Hall–Kier alpha value is -2.67. The van der Waals surface area contributed by atoms with E-state index in [4.69, 9.17) is 19.5 Å². The second-order valence-electron chi connectivity index (χ2n) is 4.84. The third kappa shape index (κ3) is 4.42. The molecule has 0 saturated heterocycles. The lowest BCUT2D eigenvalue weighted by Crippen LogP contribution is -2.05. The highest BCUT2D eigenvalue weighted by atomic mass is 16.5. The molecular formula is C18H19NO3. The van der Waals surface area contributed by atoms with Crippen LogP contribution in [0.25, 0.3) is 0 Å². The molecule has 2 aromatic carbocycles. The summed E-state index contributed by atoms with van der Waals surface area (Å²) in [6.07, 6.45) is 0.761. The Kier molecular flexibility index (Phi) is 5.67. The molecule has 0 atom stereocenters. The van der Waals surface area contributed by atoms with Gasteiger partial charge in [-0.2, -0.15) is 5.26 Å². The highest BCUT2D eigenvalue weighted by Gasteiger charge is 2.04. The van der Waals surface area contributed by atoms with Crippen LogP contribution in [0.4, 0.5) is 0 Å². The summed E-state index contributed by atoms with van der Waals surface area (Å²) in [4.78, 5) is 0. The first-order valence-corrected chi connectivity index (χ1v) is 7.13. The molecule has 2 rings (SSSR count). The van der Waals surface area contributed by atoms with Crippen LogP contribution in [0.5, 0.6) is 17.2 Å². The van der Waals surface area contributed by atoms with E-state index in [1.807, 2.05) is 25.1 Å². The minimum absolute atomic E-state index is 0.551. The maximum absolute atomic E-state index is 8.73. The number of hydrogen-bond donors (Lipinski definition) is 0. The second-order valence-corrected chi connectivity index (χ2v) is 4.84. The van der Waals surface area contributed by atoms with Gasteiger partial charge < -0.3 is 14.2 Å². The molecule has 4 heteroatoms. The van der Waals surface area contributed by atoms with Gasteiger partial charge in [0.25, 0.3) is 0 Å². The van der Waals surface area contributed by atoms with E-state index in [-0.39, 0.29) is 0 Å². The van der Waals surface area contributed by atoms with Gasteiger partial charge in [0.2, 0.25) is 0 Å². The van der Waals surface area contributed by atoms with Crippen LogP contribution in [0.2, 0.25) is 0 Å². The largest absolute Gasteiger partial charge is 0.493 e. The molecule has 0 fully saturated rings. The third-order valence-electron chi connectivity index (χ3n) is 3.12. The fourth-order valence-corrected chi connectivity index (χ4v) is 1.95. The van der Waals surface area contributed by atoms with E-state index >= 15 is 0 Å². The van der Waals surface area contributed by atoms with Crippen LogP contribution in [0.3, 0.4) is 0 Å². The molecule has 0 aliphatic rings. The molecule has 0 heterocycles. The summed E-state index contributed by atoms with van der Waals surface area (Å²) in [6, 6.07) is 15.0. The summed E-state index contributed by atoms with van der Waals surface area (Å²) >= 11 is 0. The van der Waals surface area contributed by atoms with Crippen molar-refractivity contribution < 1.29 is 14.2 Å². The average molecular weight is 297 g/mol. The number of rotatable bonds is 7. The van der Waals surface area contributed by atoms with Gasteiger partial charge in [-0.1, -0.05) is 6.07 Å². The van der Waals surface area contributed by atoms with Gasteiger partial charge in [-0.05, 0) is 48.9 Å². The predicted octanol–water partition coefficient (Wildman–Crippen LogP) is 3.72. The van der Waals surface area contributed by atoms with Crippen LogP contribution in [-0.2, 0) is 0 Å². The van der Waals surface area contributed by atoms with Crippen LogP contribution in [-0.4, -0.2) is 20.3 Å². The number of aryl methyl sites for hydroxylation is 1. The van der Waals surface area contributed by atoms with Crippen LogP contribution in [0, 0.1) is 18.3 Å². The molecule has 0 aliphatic carbocycles. The van der Waals surface area contributed by atoms with E-state index in [1.165, 1.54) is 0 Å². The topological polar surface area (TPSA) is 51.5 Å². The number of hydrogen-bond acceptors (Lipinski definition) is 4. The van der Waals surface area contributed by atoms with Gasteiger partial charge in [0.05, 0.1) is 32.0 Å². The summed E-state index contributed by atoms with van der Waals surface area (Å²) in [5.74, 6) is 2.24. The fourth-order valence-electron chi connectivity index (χ4n) is 1.95. The molecule has 0 unspecified atom stereocenters. The summed E-state index contributed by atoms with van der Waals surface area (Å²) in [5, 5.41) is 8.73. The minimum Gasteiger partial charge on any atom is -0.493 e. The SMILES string of the molecule is COc1cc(C)ccc1OCCCOc1ccc(C#N)cc1. The summed E-state index contributed by atoms with van der Waals surface area (Å²) in [5.41, 5.74) is 1.76. The first kappa shape index (κ1) is 15.7. The maximum atomic E-state index is 8.73. The zero-order valence-corrected chi connectivity index (χ0v) is 12.8. The van der Waals surface area contributed by atoms with E-state index in [2.05, 4.69) is 6.07 Å². The zero-order valence-electron chi connectivity index (χ0n) is 12.8. The normalized spacial score (nSPS) is 9.86. The minimum atomic E-state index is 0.551. The standard InChI is InChI=1S/C18H19NO3/c1-14-4-9-17(18(12-14)20-2)22-11-3-10-21-16-7-5-15(13-19)6-8-16/h4-9,12H,3,10-11H2,1-2H3. The molecule has 0 N–H and O–H groups in total. The molecule has 0 bridgehead atoms. The van der Waals surface area contributed by atoms with Gasteiger partial charge in [0.15, 0.2) is 11.5 Å². The van der Waals surface area contributed by atoms with E-state index in [0.717, 1.165) is 29.2 Å². The Bertz CT molecular complexity index is 644. The van der Waals surface area contributed by atoms with E-state index in [0.29, 0.717) is 18.8 Å². The average Bonchev–Trinajstić information content (AvgIpc) is 2.56. The van der Waals surface area contributed by atoms with Gasteiger partial charge in [0.1, 0.15) is 5.75 Å². The number of nitriles is 1. The van der Waals surface area contributed by atoms with Crippen molar-refractivity contribution in [3.8, 4) is 23.3 Å². The van der Waals surface area contributed by atoms with Crippen molar-refractivity contribution in [1.82, 2.24) is 0 Å². The van der Waals surface area contributed by atoms with E-state index in [9.17, 15) is 0 Å². The molecule has 22 heavy (non-hydrogen) atoms. The Labute approximate surface area is 130 Å². The van der Waals surface area contributed by atoms with Crippen molar-refractivity contribution in [1.29, 1.82) is 5.26 Å². The van der Waals surface area contributed by atoms with Gasteiger partial charge in [-0.25, -0.2) is 0 Å². The van der Waals surface area contributed by atoms with Gasteiger partial charge in [-0.15, -0.1) is 0 Å². The van der Waals surface area contributed by atoms with Crippen LogP contribution >= 0.6 is 0 Å². The molecule has 114 valence electrons. The first-order chi connectivity index (χ1) is 10.7. The van der Waals surface area contributed by atoms with Crippen molar-refractivity contribution in [2.75, 3.05) is 20.3 Å². The number of nitrogens with zero attached hydrogens (tertiary/aromatic N) is 1. The maximum Gasteiger partial charge on any atom is 0.161 e. The molecule has 0 radical (unpaired) electrons. The van der Waals surface area contributed by atoms with Crippen molar-refractivity contribution >= 4 is 0 Å². The number of benzene rings is 2. The van der Waals surface area contributed by atoms with E-state index in [1.54, 1.807) is 31.4 Å². The smallest absolute Gasteiger partial charge is 0.161 e. The van der Waals surface area contributed by atoms with Crippen molar-refractivity contribution in [2.45, 2.75) is 13.3 Å². The van der Waals surface area contributed by atoms with E-state index < -0.39 is 0 Å². The van der Waals surface area contributed by atoms with Crippen LogP contribution in [0.1, 0.15) is 17.5 Å². The first-order valence-electron chi connectivity index (χ1n) is 7.13. The lowest BCUT2D eigenvalue weighted by Gasteiger charge is -2.11. The number of ether oxygens (including phenoxy) is 3. The zero-order chi connectivity index (χ0) is 15.8. The highest BCUT2D eigenvalue weighted by molar-refractivity contribution is 5.42. The lowest BCUT2D eigenvalue weighted by atomic mass is 10.2. The summed E-state index contributed by atoms with van der Waals surface area (Å²) in [6.45, 7) is 3.12. The van der Waals surface area contributed by atoms with Crippen molar-refractivity contribution in [3.63, 3.8) is 0 Å². The van der Waals surface area contributed by atoms with Gasteiger partial charge >= 0.3 is 0 Å². The second kappa shape index (κ2) is 7.94. The molecule has 0 aliphatic heterocycles. The predicted molar refractivity (Wildman–Crippen MR) is 84.5 cm³/mol. The molecule has 0 spiro atoms. The summed E-state index contributed by atoms with van der Waals surface area (Å²) in [7, 11) is 1.63. The quantitative estimate of drug-likeness (QED) is 0.731. The highest BCUT2D eigenvalue weighted by Crippen LogP contribution is 2.27. The molecule has 2 aromatic rings. The molecular weight excluding hydrogens is 278 g/mol. The fraction of sp³-hybridized carbons (Fsp3) is 0.278. The van der Waals surface area contributed by atoms with Gasteiger partial charge in [0, 0.05) is 6.42 Å². The third-order valence-corrected chi connectivity index (χ3v) is 3.12. The number of methoxy groups -OCH3 is 1. The monoisotopic (exact) mass is 297 g/mol. The molecule has 4 nitrogen and oxygen atoms in total. The summed E-state index contributed by atoms with van der Waals surface area (Å²) < 4.78 is 16.6. The van der Waals surface area contributed by atoms with Crippen molar-refractivity contribution in [2.24, 2.45) is 0 Å². The van der Waals surface area contributed by atoms with Gasteiger partial charge in [-0.3, -0.25) is 0 Å². The Morgan fingerprint density at radius 3 is 2.36 bits per heavy atom. The Morgan fingerprint density at radius 2 is 1.68 bits per heavy atom. The Morgan fingerprint density at radius 1 is 0.955 bits per heavy atom. The lowest BCUT2D eigenvalue weighted by molar-refractivity contribution is 0.240. The molecule has 0 saturated carbocycles. The Balaban J connectivity index is 1.74. The van der Waals surface area contributed by atoms with Crippen LogP contribution in [0.15, 0.2) is 42.5 Å². The van der Waals surface area contributed by atoms with Crippen LogP contribution < -0.4 is 14.2 Å². The van der Waals surface area contributed by atoms with Crippen molar-refractivity contribution in [3.05, 3.63) is 53.6 Å².